The number of nitrogens with zero attached hydrogens (tertiary/aromatic N) is 1. The van der Waals surface area contributed by atoms with Crippen molar-refractivity contribution in [2.45, 2.75) is 65.0 Å². The van der Waals surface area contributed by atoms with Gasteiger partial charge in [-0.15, -0.1) is 0 Å². The van der Waals surface area contributed by atoms with E-state index in [-0.39, 0.29) is 23.9 Å². The number of nitrogens with one attached hydrogen (secondary N) is 2. The van der Waals surface area contributed by atoms with Gasteiger partial charge in [0.2, 0.25) is 11.8 Å². The van der Waals surface area contributed by atoms with Crippen molar-refractivity contribution in [3.05, 3.63) is 0 Å². The maximum absolute atomic E-state index is 11.9. The van der Waals surface area contributed by atoms with Crippen LogP contribution in [-0.4, -0.2) is 48.4 Å². The van der Waals surface area contributed by atoms with E-state index in [2.05, 4.69) is 17.6 Å². The van der Waals surface area contributed by atoms with Gasteiger partial charge in [0, 0.05) is 32.1 Å². The summed E-state index contributed by atoms with van der Waals surface area (Å²) in [7, 11) is 0. The van der Waals surface area contributed by atoms with E-state index in [1.165, 1.54) is 0 Å². The third-order valence-electron chi connectivity index (χ3n) is 3.75. The first-order valence-electron chi connectivity index (χ1n) is 7.86. The number of hydrogen-bond donors (Lipinski definition) is 2. The van der Waals surface area contributed by atoms with Gasteiger partial charge in [0.25, 0.3) is 0 Å². The van der Waals surface area contributed by atoms with Crippen molar-refractivity contribution in [1.29, 1.82) is 0 Å². The van der Waals surface area contributed by atoms with Gasteiger partial charge in [0.15, 0.2) is 0 Å². The van der Waals surface area contributed by atoms with Gasteiger partial charge in [-0.25, -0.2) is 0 Å². The van der Waals surface area contributed by atoms with Crippen molar-refractivity contribution in [2.75, 3.05) is 19.6 Å². The zero-order valence-electron chi connectivity index (χ0n) is 13.1. The van der Waals surface area contributed by atoms with Crippen molar-refractivity contribution >= 4 is 11.8 Å². The lowest BCUT2D eigenvalue weighted by molar-refractivity contribution is -0.130. The quantitative estimate of drug-likeness (QED) is 0.705. The predicted molar refractivity (Wildman–Crippen MR) is 80.4 cm³/mol. The van der Waals surface area contributed by atoms with Crippen LogP contribution in [0.5, 0.6) is 0 Å². The molecule has 0 aromatic rings. The highest BCUT2D eigenvalue weighted by Gasteiger charge is 2.18. The lowest BCUT2D eigenvalue weighted by Gasteiger charge is -2.19. The Kier molecular flexibility index (Phi) is 7.59. The van der Waals surface area contributed by atoms with Crippen LogP contribution in [-0.2, 0) is 9.59 Å². The first kappa shape index (κ1) is 17.0. The van der Waals surface area contributed by atoms with E-state index >= 15 is 0 Å². The minimum Gasteiger partial charge on any atom is -0.352 e. The van der Waals surface area contributed by atoms with Crippen LogP contribution in [0.3, 0.4) is 0 Å². The third-order valence-corrected chi connectivity index (χ3v) is 3.75. The van der Waals surface area contributed by atoms with Crippen LogP contribution in [0.25, 0.3) is 0 Å². The normalized spacial score (nSPS) is 17.9. The van der Waals surface area contributed by atoms with Gasteiger partial charge in [-0.3, -0.25) is 9.59 Å². The van der Waals surface area contributed by atoms with E-state index in [1.54, 1.807) is 0 Å². The van der Waals surface area contributed by atoms with E-state index in [0.29, 0.717) is 13.0 Å². The summed E-state index contributed by atoms with van der Waals surface area (Å²) in [6.45, 7) is 8.31. The maximum Gasteiger partial charge on any atom is 0.237 e. The van der Waals surface area contributed by atoms with E-state index < -0.39 is 0 Å². The zero-order valence-corrected chi connectivity index (χ0v) is 13.1. The van der Waals surface area contributed by atoms with Crippen LogP contribution in [0.15, 0.2) is 0 Å². The average molecular weight is 283 g/mol. The summed E-state index contributed by atoms with van der Waals surface area (Å²) in [4.78, 5) is 25.6. The molecule has 0 aliphatic carbocycles. The molecule has 0 bridgehead atoms. The van der Waals surface area contributed by atoms with Gasteiger partial charge in [-0.05, 0) is 33.1 Å². The summed E-state index contributed by atoms with van der Waals surface area (Å²) in [6.07, 6.45) is 4.77. The molecule has 116 valence electrons. The second-order valence-electron chi connectivity index (χ2n) is 5.71. The van der Waals surface area contributed by atoms with E-state index in [9.17, 15) is 9.59 Å². The molecule has 5 heteroatoms. The molecule has 1 aliphatic heterocycles. The molecule has 0 saturated carbocycles. The van der Waals surface area contributed by atoms with Gasteiger partial charge in [0.05, 0.1) is 6.04 Å². The van der Waals surface area contributed by atoms with E-state index in [1.807, 2.05) is 18.7 Å². The molecule has 0 aromatic heterocycles. The number of amides is 2. The highest BCUT2D eigenvalue weighted by atomic mass is 16.2. The summed E-state index contributed by atoms with van der Waals surface area (Å²) in [5.41, 5.74) is 0. The molecule has 1 aliphatic rings. The number of carbonyl (C=O) groups excluding carboxylic acids is 2. The maximum atomic E-state index is 11.9. The Morgan fingerprint density at radius 1 is 1.20 bits per heavy atom. The van der Waals surface area contributed by atoms with Crippen molar-refractivity contribution < 1.29 is 9.59 Å². The SMILES string of the molecule is CCCC(C)NC(=O)C(C)NCCC(=O)N1CCCC1. The van der Waals surface area contributed by atoms with Crippen LogP contribution in [0.1, 0.15) is 52.9 Å². The van der Waals surface area contributed by atoms with Gasteiger partial charge < -0.3 is 15.5 Å². The molecule has 0 spiro atoms. The Bertz CT molecular complexity index is 314. The highest BCUT2D eigenvalue weighted by Crippen LogP contribution is 2.08. The Morgan fingerprint density at radius 3 is 2.45 bits per heavy atom. The second kappa shape index (κ2) is 8.95. The van der Waals surface area contributed by atoms with E-state index in [4.69, 9.17) is 0 Å². The largest absolute Gasteiger partial charge is 0.352 e. The highest BCUT2D eigenvalue weighted by molar-refractivity contribution is 5.81. The fourth-order valence-electron chi connectivity index (χ4n) is 2.49. The molecule has 1 heterocycles. The molecule has 2 N–H and O–H groups in total. The molecular weight excluding hydrogens is 254 g/mol. The number of hydrogen-bond acceptors (Lipinski definition) is 3. The lowest BCUT2D eigenvalue weighted by Crippen LogP contribution is -2.46. The lowest BCUT2D eigenvalue weighted by atomic mass is 10.2. The monoisotopic (exact) mass is 283 g/mol. The Morgan fingerprint density at radius 2 is 1.85 bits per heavy atom. The van der Waals surface area contributed by atoms with Gasteiger partial charge in [-0.1, -0.05) is 13.3 Å². The summed E-state index contributed by atoms with van der Waals surface area (Å²) >= 11 is 0. The number of carbonyl (C=O) groups is 2. The van der Waals surface area contributed by atoms with Crippen LogP contribution in [0, 0.1) is 0 Å². The van der Waals surface area contributed by atoms with Crippen LogP contribution in [0.2, 0.25) is 0 Å². The Balaban J connectivity index is 2.16. The number of rotatable bonds is 8. The smallest absolute Gasteiger partial charge is 0.237 e. The van der Waals surface area contributed by atoms with Gasteiger partial charge in [-0.2, -0.15) is 0 Å². The van der Waals surface area contributed by atoms with Crippen molar-refractivity contribution in [2.24, 2.45) is 0 Å². The van der Waals surface area contributed by atoms with E-state index in [0.717, 1.165) is 38.8 Å². The molecule has 1 fully saturated rings. The Hall–Kier alpha value is -1.10. The first-order valence-corrected chi connectivity index (χ1v) is 7.86. The average Bonchev–Trinajstić information content (AvgIpc) is 2.92. The third kappa shape index (κ3) is 5.90. The molecule has 2 atom stereocenters. The molecule has 0 radical (unpaired) electrons. The van der Waals surface area contributed by atoms with Crippen LogP contribution in [0.4, 0.5) is 0 Å². The number of likely N-dealkylation sites (tertiary alicyclic amines) is 1. The van der Waals surface area contributed by atoms with Gasteiger partial charge in [0.1, 0.15) is 0 Å². The summed E-state index contributed by atoms with van der Waals surface area (Å²) in [5.74, 6) is 0.210. The van der Waals surface area contributed by atoms with Crippen molar-refractivity contribution in [3.63, 3.8) is 0 Å². The van der Waals surface area contributed by atoms with Crippen molar-refractivity contribution in [1.82, 2.24) is 15.5 Å². The van der Waals surface area contributed by atoms with Crippen LogP contribution < -0.4 is 10.6 Å². The molecule has 1 saturated heterocycles. The summed E-state index contributed by atoms with van der Waals surface area (Å²) in [6, 6.07) is -0.0383. The Labute approximate surface area is 122 Å². The van der Waals surface area contributed by atoms with Gasteiger partial charge >= 0.3 is 0 Å². The molecule has 1 rings (SSSR count). The minimum absolute atomic E-state index is 0.0135. The summed E-state index contributed by atoms with van der Waals surface area (Å²) < 4.78 is 0. The predicted octanol–water partition coefficient (Wildman–Crippen LogP) is 1.28. The first-order chi connectivity index (χ1) is 9.54. The second-order valence-corrected chi connectivity index (χ2v) is 5.71. The molecule has 2 unspecified atom stereocenters. The summed E-state index contributed by atoms with van der Waals surface area (Å²) in [5, 5.41) is 6.10. The molecule has 5 nitrogen and oxygen atoms in total. The molecule has 0 aromatic carbocycles. The topological polar surface area (TPSA) is 61.4 Å². The zero-order chi connectivity index (χ0) is 15.0. The fraction of sp³-hybridized carbons (Fsp3) is 0.867. The molecule has 2 amide bonds. The van der Waals surface area contributed by atoms with Crippen LogP contribution >= 0.6 is 0 Å². The standard InChI is InChI=1S/C15H29N3O2/c1-4-7-12(2)17-15(20)13(3)16-9-8-14(19)18-10-5-6-11-18/h12-13,16H,4-11H2,1-3H3,(H,17,20). The molecular formula is C15H29N3O2. The van der Waals surface area contributed by atoms with Crippen molar-refractivity contribution in [3.8, 4) is 0 Å². The molecule has 20 heavy (non-hydrogen) atoms. The fourth-order valence-corrected chi connectivity index (χ4v) is 2.49. The minimum atomic E-state index is -0.249.